The third kappa shape index (κ3) is 1.88. The highest BCUT2D eigenvalue weighted by Crippen LogP contribution is 2.24. The molecular weight excluding hydrogens is 228 g/mol. The van der Waals surface area contributed by atoms with Crippen molar-refractivity contribution in [2.75, 3.05) is 15.8 Å². The van der Waals surface area contributed by atoms with Crippen molar-refractivity contribution < 1.29 is 13.2 Å². The number of hydrogen-bond donors (Lipinski definition) is 1. The summed E-state index contributed by atoms with van der Waals surface area (Å²) in [7, 11) is -3.50. The first kappa shape index (κ1) is 10.9. The first-order chi connectivity index (χ1) is 7.50. The Morgan fingerprint density at radius 1 is 1.19 bits per heavy atom. The highest BCUT2D eigenvalue weighted by molar-refractivity contribution is 7.93. The zero-order chi connectivity index (χ0) is 11.8. The minimum atomic E-state index is -3.50. The van der Waals surface area contributed by atoms with Crippen molar-refractivity contribution in [3.8, 4) is 0 Å². The predicted molar refractivity (Wildman–Crippen MR) is 61.4 cm³/mol. The summed E-state index contributed by atoms with van der Waals surface area (Å²) in [5.74, 6) is -0.362. The van der Waals surface area contributed by atoms with Crippen LogP contribution in [0.4, 0.5) is 11.4 Å². The Bertz CT molecular complexity index is 507. The van der Waals surface area contributed by atoms with Gasteiger partial charge in [-0.15, -0.1) is 0 Å². The normalized spacial score (nSPS) is 19.8. The summed E-state index contributed by atoms with van der Waals surface area (Å²) < 4.78 is 24.4. The van der Waals surface area contributed by atoms with E-state index in [1.807, 2.05) is 0 Å². The first-order valence-electron chi connectivity index (χ1n) is 4.92. The molecule has 1 fully saturated rings. The molecule has 5 nitrogen and oxygen atoms in total. The van der Waals surface area contributed by atoms with Crippen molar-refractivity contribution in [3.05, 3.63) is 24.3 Å². The number of anilines is 2. The number of carbonyl (C=O) groups excluding carboxylic acids is 1. The number of nitrogen functional groups attached to an aromatic ring is 1. The largest absolute Gasteiger partial charge is 0.399 e. The van der Waals surface area contributed by atoms with Crippen LogP contribution in [0, 0.1) is 0 Å². The molecule has 0 saturated carbocycles. The molecule has 0 aliphatic carbocycles. The average molecular weight is 240 g/mol. The summed E-state index contributed by atoms with van der Waals surface area (Å²) in [4.78, 5) is 11.6. The maximum absolute atomic E-state index is 11.8. The molecule has 1 aliphatic heterocycles. The molecule has 2 N–H and O–H groups in total. The van der Waals surface area contributed by atoms with E-state index < -0.39 is 10.0 Å². The lowest BCUT2D eigenvalue weighted by molar-refractivity contribution is -0.117. The molecule has 1 aromatic rings. The summed E-state index contributed by atoms with van der Waals surface area (Å²) in [6.45, 7) is 0. The van der Waals surface area contributed by atoms with E-state index in [0.29, 0.717) is 17.8 Å². The molecule has 0 spiro atoms. The molecule has 0 bridgehead atoms. The molecule has 1 aromatic carbocycles. The van der Waals surface area contributed by atoms with Gasteiger partial charge in [0.15, 0.2) is 0 Å². The van der Waals surface area contributed by atoms with E-state index in [2.05, 4.69) is 0 Å². The van der Waals surface area contributed by atoms with Crippen molar-refractivity contribution >= 4 is 27.3 Å². The average Bonchev–Trinajstić information content (AvgIpc) is 2.19. The van der Waals surface area contributed by atoms with E-state index in [9.17, 15) is 13.2 Å². The van der Waals surface area contributed by atoms with Gasteiger partial charge in [-0.3, -0.25) is 4.79 Å². The molecule has 0 unspecified atom stereocenters. The third-order valence-electron chi connectivity index (χ3n) is 2.43. The molecule has 16 heavy (non-hydrogen) atoms. The summed E-state index contributed by atoms with van der Waals surface area (Å²) in [5, 5.41) is 0. The van der Waals surface area contributed by atoms with Crippen LogP contribution in [-0.4, -0.2) is 20.1 Å². The number of rotatable bonds is 1. The molecule has 1 amide bonds. The molecule has 1 heterocycles. The second kappa shape index (κ2) is 3.79. The van der Waals surface area contributed by atoms with E-state index in [4.69, 9.17) is 5.73 Å². The number of carbonyl (C=O) groups is 1. The van der Waals surface area contributed by atoms with Gasteiger partial charge in [-0.1, -0.05) is 0 Å². The predicted octanol–water partition coefficient (Wildman–Crippen LogP) is 0.725. The minimum absolute atomic E-state index is 0.0170. The van der Waals surface area contributed by atoms with Gasteiger partial charge in [0.2, 0.25) is 15.9 Å². The summed E-state index contributed by atoms with van der Waals surface area (Å²) in [6, 6.07) is 6.23. The van der Waals surface area contributed by atoms with Crippen molar-refractivity contribution in [2.24, 2.45) is 0 Å². The lowest BCUT2D eigenvalue weighted by atomic mass is 10.2. The lowest BCUT2D eigenvalue weighted by Gasteiger charge is -2.26. The van der Waals surface area contributed by atoms with E-state index in [-0.39, 0.29) is 18.1 Å². The van der Waals surface area contributed by atoms with Crippen LogP contribution in [0.25, 0.3) is 0 Å². The van der Waals surface area contributed by atoms with Crippen LogP contribution in [0.1, 0.15) is 12.8 Å². The van der Waals surface area contributed by atoms with Crippen LogP contribution in [0.15, 0.2) is 24.3 Å². The molecular formula is C10H12N2O3S. The van der Waals surface area contributed by atoms with Crippen molar-refractivity contribution in [3.63, 3.8) is 0 Å². The van der Waals surface area contributed by atoms with Crippen LogP contribution >= 0.6 is 0 Å². The second-order valence-corrected chi connectivity index (χ2v) is 5.61. The van der Waals surface area contributed by atoms with Crippen molar-refractivity contribution in [1.29, 1.82) is 0 Å². The highest BCUT2D eigenvalue weighted by Gasteiger charge is 2.32. The Morgan fingerprint density at radius 3 is 2.38 bits per heavy atom. The third-order valence-corrected chi connectivity index (χ3v) is 4.20. The molecule has 0 aromatic heterocycles. The second-order valence-electron chi connectivity index (χ2n) is 3.67. The molecule has 1 saturated heterocycles. The Morgan fingerprint density at radius 2 is 1.81 bits per heavy atom. The SMILES string of the molecule is Nc1ccc(N2C(=O)CCCS2(=O)=O)cc1. The maximum atomic E-state index is 11.8. The van der Waals surface area contributed by atoms with Crippen molar-refractivity contribution in [2.45, 2.75) is 12.8 Å². The monoisotopic (exact) mass is 240 g/mol. The van der Waals surface area contributed by atoms with Gasteiger partial charge in [-0.25, -0.2) is 12.7 Å². The smallest absolute Gasteiger partial charge is 0.241 e. The van der Waals surface area contributed by atoms with Crippen LogP contribution < -0.4 is 10.0 Å². The number of nitrogens with zero attached hydrogens (tertiary/aromatic N) is 1. The topological polar surface area (TPSA) is 80.5 Å². The van der Waals surface area contributed by atoms with Gasteiger partial charge in [0.25, 0.3) is 0 Å². The zero-order valence-electron chi connectivity index (χ0n) is 8.59. The summed E-state index contributed by atoms with van der Waals surface area (Å²) in [6.07, 6.45) is 0.663. The number of amides is 1. The molecule has 0 radical (unpaired) electrons. The molecule has 1 aliphatic rings. The van der Waals surface area contributed by atoms with Crippen molar-refractivity contribution in [1.82, 2.24) is 0 Å². The van der Waals surface area contributed by atoms with E-state index in [0.717, 1.165) is 4.31 Å². The zero-order valence-corrected chi connectivity index (χ0v) is 9.40. The molecule has 86 valence electrons. The van der Waals surface area contributed by atoms with E-state index >= 15 is 0 Å². The van der Waals surface area contributed by atoms with E-state index in [1.165, 1.54) is 12.1 Å². The van der Waals surface area contributed by atoms with Gasteiger partial charge in [0.05, 0.1) is 11.4 Å². The van der Waals surface area contributed by atoms with Gasteiger partial charge in [-0.05, 0) is 30.7 Å². The molecule has 2 rings (SSSR count). The Balaban J connectivity index is 2.44. The number of nitrogens with two attached hydrogens (primary N) is 1. The summed E-state index contributed by atoms with van der Waals surface area (Å²) >= 11 is 0. The number of hydrogen-bond acceptors (Lipinski definition) is 4. The lowest BCUT2D eigenvalue weighted by Crippen LogP contribution is -2.42. The fourth-order valence-electron chi connectivity index (χ4n) is 1.67. The minimum Gasteiger partial charge on any atom is -0.399 e. The van der Waals surface area contributed by atoms with Gasteiger partial charge in [0.1, 0.15) is 0 Å². The van der Waals surface area contributed by atoms with Crippen LogP contribution in [0.5, 0.6) is 0 Å². The molecule has 6 heteroatoms. The first-order valence-corrected chi connectivity index (χ1v) is 6.53. The van der Waals surface area contributed by atoms with Gasteiger partial charge in [-0.2, -0.15) is 0 Å². The van der Waals surface area contributed by atoms with E-state index in [1.54, 1.807) is 12.1 Å². The van der Waals surface area contributed by atoms with Gasteiger partial charge >= 0.3 is 0 Å². The Hall–Kier alpha value is -1.56. The highest BCUT2D eigenvalue weighted by atomic mass is 32.2. The Labute approximate surface area is 93.9 Å². The molecule has 0 atom stereocenters. The fraction of sp³-hybridized carbons (Fsp3) is 0.300. The maximum Gasteiger partial charge on any atom is 0.241 e. The summed E-state index contributed by atoms with van der Waals surface area (Å²) in [5.41, 5.74) is 6.40. The van der Waals surface area contributed by atoms with Crippen LogP contribution in [0.2, 0.25) is 0 Å². The Kier molecular flexibility index (Phi) is 2.59. The van der Waals surface area contributed by atoms with Crippen LogP contribution in [0.3, 0.4) is 0 Å². The number of sulfonamides is 1. The fourth-order valence-corrected chi connectivity index (χ4v) is 3.20. The quantitative estimate of drug-likeness (QED) is 0.734. The van der Waals surface area contributed by atoms with Gasteiger partial charge < -0.3 is 5.73 Å². The standard InChI is InChI=1S/C10H12N2O3S/c11-8-3-5-9(6-4-8)12-10(13)2-1-7-16(12,14)15/h3-6H,1-2,7,11H2. The van der Waals surface area contributed by atoms with Crippen LogP contribution in [-0.2, 0) is 14.8 Å². The number of benzene rings is 1. The van der Waals surface area contributed by atoms with Gasteiger partial charge in [0, 0.05) is 12.1 Å².